The van der Waals surface area contributed by atoms with Crippen LogP contribution in [0.3, 0.4) is 0 Å². The molecule has 2 heterocycles. The van der Waals surface area contributed by atoms with Gasteiger partial charge in [0.1, 0.15) is 12.2 Å². The monoisotopic (exact) mass is 377 g/mol. The average Bonchev–Trinajstić information content (AvgIpc) is 3.06. The van der Waals surface area contributed by atoms with Crippen LogP contribution in [-0.4, -0.2) is 24.3 Å². The summed E-state index contributed by atoms with van der Waals surface area (Å²) in [5.74, 6) is 1.40. The van der Waals surface area contributed by atoms with E-state index in [4.69, 9.17) is 4.98 Å². The lowest BCUT2D eigenvalue weighted by Gasteiger charge is -2.15. The zero-order valence-corrected chi connectivity index (χ0v) is 16.2. The van der Waals surface area contributed by atoms with Crippen LogP contribution in [0.4, 0.5) is 0 Å². The Morgan fingerprint density at radius 1 is 1.11 bits per heavy atom. The quantitative estimate of drug-likeness (QED) is 0.403. The van der Waals surface area contributed by atoms with Gasteiger partial charge in [-0.25, -0.2) is 9.97 Å². The number of rotatable bonds is 4. The van der Waals surface area contributed by atoms with Crippen molar-refractivity contribution >= 4 is 22.7 Å². The van der Waals surface area contributed by atoms with E-state index in [9.17, 15) is 4.79 Å². The first-order valence-corrected chi connectivity index (χ1v) is 9.58. The summed E-state index contributed by atoms with van der Waals surface area (Å²) in [7, 11) is 1.86. The molecule has 0 radical (unpaired) electrons. The second-order valence-corrected chi connectivity index (χ2v) is 7.37. The summed E-state index contributed by atoms with van der Waals surface area (Å²) in [4.78, 5) is 22.3. The van der Waals surface area contributed by atoms with Crippen molar-refractivity contribution in [2.75, 3.05) is 0 Å². The molecule has 0 aliphatic rings. The number of fused-ring (bicyclic) bond motifs is 1. The van der Waals surface area contributed by atoms with Gasteiger partial charge in [0.15, 0.2) is 5.16 Å². The number of thioether (sulfide) groups is 1. The van der Waals surface area contributed by atoms with Gasteiger partial charge in [0.25, 0.3) is 5.56 Å². The van der Waals surface area contributed by atoms with Crippen molar-refractivity contribution in [1.29, 1.82) is 0 Å². The highest BCUT2D eigenvalue weighted by atomic mass is 32.2. The molecule has 0 amide bonds. The van der Waals surface area contributed by atoms with E-state index in [-0.39, 0.29) is 5.56 Å². The lowest BCUT2D eigenvalue weighted by Crippen LogP contribution is -2.22. The number of para-hydroxylation sites is 1. The first-order chi connectivity index (χ1) is 13.0. The molecule has 0 saturated heterocycles. The molecule has 0 bridgehead atoms. The van der Waals surface area contributed by atoms with Crippen molar-refractivity contribution in [3.05, 3.63) is 76.1 Å². The molecule has 0 fully saturated rings. The Hall–Kier alpha value is -2.93. The van der Waals surface area contributed by atoms with Crippen molar-refractivity contribution < 1.29 is 0 Å². The first-order valence-electron chi connectivity index (χ1n) is 8.59. The fraction of sp³-hybridized carbons (Fsp3) is 0.200. The number of benzene rings is 2. The van der Waals surface area contributed by atoms with Crippen LogP contribution in [0.1, 0.15) is 17.0 Å². The smallest absolute Gasteiger partial charge is 0.266 e. The molecule has 4 aromatic rings. The van der Waals surface area contributed by atoms with Gasteiger partial charge in [-0.15, -0.1) is 0 Å². The van der Waals surface area contributed by atoms with E-state index < -0.39 is 0 Å². The Kier molecular flexibility index (Phi) is 4.53. The van der Waals surface area contributed by atoms with Gasteiger partial charge in [0, 0.05) is 7.05 Å². The third kappa shape index (κ3) is 3.26. The topological polar surface area (TPSA) is 65.6 Å². The van der Waals surface area contributed by atoms with Crippen LogP contribution in [0.15, 0.2) is 58.7 Å². The predicted octanol–water partition coefficient (Wildman–Crippen LogP) is 3.42. The van der Waals surface area contributed by atoms with Crippen molar-refractivity contribution in [3.8, 4) is 5.69 Å². The Morgan fingerprint density at radius 3 is 2.67 bits per heavy atom. The van der Waals surface area contributed by atoms with E-state index in [0.29, 0.717) is 21.8 Å². The maximum Gasteiger partial charge on any atom is 0.266 e. The maximum absolute atomic E-state index is 13.3. The van der Waals surface area contributed by atoms with Gasteiger partial charge in [-0.2, -0.15) is 5.10 Å². The van der Waals surface area contributed by atoms with Crippen LogP contribution in [0.2, 0.25) is 0 Å². The third-order valence-corrected chi connectivity index (χ3v) is 5.41. The summed E-state index contributed by atoms with van der Waals surface area (Å²) < 4.78 is 3.44. The van der Waals surface area contributed by atoms with Gasteiger partial charge in [-0.1, -0.05) is 41.6 Å². The largest absolute Gasteiger partial charge is 0.268 e. The summed E-state index contributed by atoms with van der Waals surface area (Å²) in [6.07, 6.45) is 1.53. The second kappa shape index (κ2) is 7.00. The normalized spacial score (nSPS) is 11.2. The van der Waals surface area contributed by atoms with E-state index in [1.54, 1.807) is 9.25 Å². The highest BCUT2D eigenvalue weighted by molar-refractivity contribution is 7.98. The molecule has 0 saturated carbocycles. The molecule has 2 aromatic heterocycles. The van der Waals surface area contributed by atoms with Crippen molar-refractivity contribution in [2.45, 2.75) is 24.8 Å². The van der Waals surface area contributed by atoms with Gasteiger partial charge in [0.2, 0.25) is 0 Å². The molecule has 0 atom stereocenters. The average molecular weight is 377 g/mol. The van der Waals surface area contributed by atoms with E-state index in [1.807, 2.05) is 57.3 Å². The standard InChI is InChI=1S/C20H19N5OS/c1-13-8-9-17(14(2)10-13)25-19(26)15-6-4-5-7-16(15)23-20(25)27-11-18-21-12-22-24(18)3/h4-10,12H,11H2,1-3H3. The van der Waals surface area contributed by atoms with Crippen LogP contribution in [0, 0.1) is 13.8 Å². The molecule has 0 aliphatic carbocycles. The highest BCUT2D eigenvalue weighted by Crippen LogP contribution is 2.25. The molecule has 0 N–H and O–H groups in total. The molecule has 136 valence electrons. The fourth-order valence-corrected chi connectivity index (χ4v) is 4.05. The van der Waals surface area contributed by atoms with Crippen molar-refractivity contribution in [1.82, 2.24) is 24.3 Å². The van der Waals surface area contributed by atoms with Crippen LogP contribution >= 0.6 is 11.8 Å². The van der Waals surface area contributed by atoms with Crippen LogP contribution in [0.25, 0.3) is 16.6 Å². The molecular weight excluding hydrogens is 358 g/mol. The lowest BCUT2D eigenvalue weighted by molar-refractivity contribution is 0.728. The first kappa shape index (κ1) is 17.5. The molecule has 4 rings (SSSR count). The molecule has 27 heavy (non-hydrogen) atoms. The Morgan fingerprint density at radius 2 is 1.93 bits per heavy atom. The molecule has 0 spiro atoms. The minimum absolute atomic E-state index is 0.0620. The van der Waals surface area contributed by atoms with Crippen LogP contribution < -0.4 is 5.56 Å². The number of hydrogen-bond donors (Lipinski definition) is 0. The van der Waals surface area contributed by atoms with Crippen LogP contribution in [0.5, 0.6) is 0 Å². The number of aromatic nitrogens is 5. The van der Waals surface area contributed by atoms with Gasteiger partial charge < -0.3 is 0 Å². The zero-order valence-electron chi connectivity index (χ0n) is 15.4. The summed E-state index contributed by atoms with van der Waals surface area (Å²) >= 11 is 1.48. The SMILES string of the molecule is Cc1ccc(-n2c(SCc3ncnn3C)nc3ccccc3c2=O)c(C)c1. The minimum atomic E-state index is -0.0620. The van der Waals surface area contributed by atoms with Gasteiger partial charge >= 0.3 is 0 Å². The lowest BCUT2D eigenvalue weighted by atomic mass is 10.1. The second-order valence-electron chi connectivity index (χ2n) is 6.43. The Labute approximate surface area is 160 Å². The van der Waals surface area contributed by atoms with Crippen LogP contribution in [-0.2, 0) is 12.8 Å². The Balaban J connectivity index is 1.90. The van der Waals surface area contributed by atoms with Gasteiger partial charge in [0.05, 0.1) is 22.3 Å². The van der Waals surface area contributed by atoms with Crippen molar-refractivity contribution in [2.24, 2.45) is 7.05 Å². The third-order valence-electron chi connectivity index (χ3n) is 4.47. The van der Waals surface area contributed by atoms with E-state index in [0.717, 1.165) is 22.6 Å². The minimum Gasteiger partial charge on any atom is -0.268 e. The summed E-state index contributed by atoms with van der Waals surface area (Å²) in [6.45, 7) is 4.06. The number of nitrogens with zero attached hydrogens (tertiary/aromatic N) is 5. The predicted molar refractivity (Wildman–Crippen MR) is 107 cm³/mol. The summed E-state index contributed by atoms with van der Waals surface area (Å²) in [5, 5.41) is 5.36. The fourth-order valence-electron chi connectivity index (χ4n) is 3.06. The number of aryl methyl sites for hydroxylation is 3. The van der Waals surface area contributed by atoms with Crippen molar-refractivity contribution in [3.63, 3.8) is 0 Å². The highest BCUT2D eigenvalue weighted by Gasteiger charge is 2.15. The zero-order chi connectivity index (χ0) is 19.0. The molecule has 7 heteroatoms. The molecular formula is C20H19N5OS. The van der Waals surface area contributed by atoms with Gasteiger partial charge in [-0.05, 0) is 37.6 Å². The maximum atomic E-state index is 13.3. The van der Waals surface area contributed by atoms with E-state index in [2.05, 4.69) is 16.1 Å². The Bertz CT molecular complexity index is 1190. The summed E-state index contributed by atoms with van der Waals surface area (Å²) in [5.41, 5.74) is 3.68. The van der Waals surface area contributed by atoms with E-state index in [1.165, 1.54) is 18.1 Å². The molecule has 0 aliphatic heterocycles. The van der Waals surface area contributed by atoms with E-state index >= 15 is 0 Å². The number of hydrogen-bond acceptors (Lipinski definition) is 5. The van der Waals surface area contributed by atoms with Gasteiger partial charge in [-0.3, -0.25) is 14.0 Å². The molecule has 0 unspecified atom stereocenters. The molecule has 6 nitrogen and oxygen atoms in total. The molecule has 2 aromatic carbocycles. The summed E-state index contributed by atoms with van der Waals surface area (Å²) in [6, 6.07) is 13.5.